The van der Waals surface area contributed by atoms with Crippen molar-refractivity contribution in [3.8, 4) is 12.3 Å². The Morgan fingerprint density at radius 3 is 2.63 bits per heavy atom. The molecule has 1 N–H and O–H groups in total. The predicted octanol–water partition coefficient (Wildman–Crippen LogP) is 4.10. The average Bonchev–Trinajstić information content (AvgIpc) is 2.36. The van der Waals surface area contributed by atoms with Gasteiger partial charge in [0.15, 0.2) is 0 Å². The van der Waals surface area contributed by atoms with Gasteiger partial charge < -0.3 is 5.32 Å². The Bertz CT molecular complexity index is 431. The molecule has 0 radical (unpaired) electrons. The number of hydrogen-bond acceptors (Lipinski definition) is 2. The van der Waals surface area contributed by atoms with Crippen molar-refractivity contribution in [3.63, 3.8) is 0 Å². The van der Waals surface area contributed by atoms with Gasteiger partial charge >= 0.3 is 0 Å². The van der Waals surface area contributed by atoms with Crippen LogP contribution in [-0.4, -0.2) is 11.8 Å². The molecule has 1 aromatic carbocycles. The van der Waals surface area contributed by atoms with Gasteiger partial charge in [0, 0.05) is 17.9 Å². The molecule has 0 aromatic heterocycles. The van der Waals surface area contributed by atoms with E-state index >= 15 is 0 Å². The summed E-state index contributed by atoms with van der Waals surface area (Å²) in [6, 6.07) is 8.19. The lowest BCUT2D eigenvalue weighted by molar-refractivity contribution is 0.260. The highest BCUT2D eigenvalue weighted by atomic mass is 32.2. The van der Waals surface area contributed by atoms with Gasteiger partial charge in [0.05, 0.1) is 0 Å². The van der Waals surface area contributed by atoms with Crippen molar-refractivity contribution in [3.05, 3.63) is 29.8 Å². The Balaban J connectivity index is 2.36. The maximum absolute atomic E-state index is 11.6. The highest BCUT2D eigenvalue weighted by molar-refractivity contribution is 8.13. The van der Waals surface area contributed by atoms with E-state index in [1.54, 1.807) is 0 Å². The molecule has 0 bridgehead atoms. The first-order valence-corrected chi connectivity index (χ1v) is 7.41. The molecule has 2 nitrogen and oxygen atoms in total. The average molecular weight is 275 g/mol. The number of amides is 1. The lowest BCUT2D eigenvalue weighted by Crippen LogP contribution is -2.19. The number of rotatable bonds is 6. The quantitative estimate of drug-likeness (QED) is 0.481. The number of carbonyl (C=O) groups excluding carboxylic acids is 1. The van der Waals surface area contributed by atoms with Gasteiger partial charge in [-0.2, -0.15) is 0 Å². The van der Waals surface area contributed by atoms with Gasteiger partial charge in [0.1, 0.15) is 0 Å². The molecule has 0 spiro atoms. The first-order chi connectivity index (χ1) is 9.11. The molecule has 0 aliphatic carbocycles. The van der Waals surface area contributed by atoms with E-state index in [9.17, 15) is 4.79 Å². The minimum absolute atomic E-state index is 0.0198. The molecule has 0 aliphatic heterocycles. The Morgan fingerprint density at radius 2 is 2.05 bits per heavy atom. The van der Waals surface area contributed by atoms with Crippen LogP contribution in [0.15, 0.2) is 29.2 Å². The zero-order valence-electron chi connectivity index (χ0n) is 11.6. The molecule has 19 heavy (non-hydrogen) atoms. The fourth-order valence-electron chi connectivity index (χ4n) is 1.69. The van der Waals surface area contributed by atoms with E-state index in [1.165, 1.54) is 17.3 Å². The van der Waals surface area contributed by atoms with Gasteiger partial charge in [-0.25, -0.2) is 0 Å². The summed E-state index contributed by atoms with van der Waals surface area (Å²) >= 11 is 1.23. The van der Waals surface area contributed by atoms with E-state index in [1.807, 2.05) is 12.1 Å². The smallest absolute Gasteiger partial charge is 0.283 e. The topological polar surface area (TPSA) is 29.1 Å². The summed E-state index contributed by atoms with van der Waals surface area (Å²) in [5, 5.41) is 2.82. The molecule has 1 rings (SSSR count). The molecule has 1 aromatic rings. The van der Waals surface area contributed by atoms with Crippen LogP contribution in [0.4, 0.5) is 4.79 Å². The molecule has 0 atom stereocenters. The number of hydrogen-bond donors (Lipinski definition) is 1. The van der Waals surface area contributed by atoms with Crippen molar-refractivity contribution in [2.45, 2.75) is 38.0 Å². The fraction of sp³-hybridized carbons (Fsp3) is 0.438. The first-order valence-electron chi connectivity index (χ1n) is 6.60. The fourth-order valence-corrected chi connectivity index (χ4v) is 2.35. The van der Waals surface area contributed by atoms with Crippen molar-refractivity contribution in [2.75, 3.05) is 6.54 Å². The van der Waals surface area contributed by atoms with Crippen molar-refractivity contribution in [2.24, 2.45) is 5.92 Å². The standard InChI is InChI=1S/C16H21NOS/c1-4-5-6-11-17-16(18)19-15-9-7-14(8-10-15)12-13(2)3/h1,7-10,13H,5-6,11-12H2,2-3H3,(H,17,18). The molecular weight excluding hydrogens is 254 g/mol. The van der Waals surface area contributed by atoms with Gasteiger partial charge in [-0.15, -0.1) is 12.3 Å². The summed E-state index contributed by atoms with van der Waals surface area (Å²) in [7, 11) is 0. The summed E-state index contributed by atoms with van der Waals surface area (Å²) in [6.07, 6.45) is 7.75. The third-order valence-corrected chi connectivity index (χ3v) is 3.38. The maximum Gasteiger partial charge on any atom is 0.283 e. The summed E-state index contributed by atoms with van der Waals surface area (Å²) in [5.74, 6) is 3.21. The second kappa shape index (κ2) is 8.66. The third-order valence-electron chi connectivity index (χ3n) is 2.55. The molecule has 1 amide bonds. The Kier molecular flexibility index (Phi) is 7.14. The van der Waals surface area contributed by atoms with E-state index in [4.69, 9.17) is 6.42 Å². The minimum Gasteiger partial charge on any atom is -0.347 e. The second-order valence-electron chi connectivity index (χ2n) is 4.87. The Morgan fingerprint density at radius 1 is 1.37 bits per heavy atom. The van der Waals surface area contributed by atoms with Crippen LogP contribution in [0, 0.1) is 18.3 Å². The SMILES string of the molecule is C#CCCCNC(=O)Sc1ccc(CC(C)C)cc1. The van der Waals surface area contributed by atoms with Crippen molar-refractivity contribution in [1.29, 1.82) is 0 Å². The van der Waals surface area contributed by atoms with Crippen LogP contribution < -0.4 is 5.32 Å². The summed E-state index contributed by atoms with van der Waals surface area (Å²) in [5.41, 5.74) is 1.31. The molecule has 0 aliphatic rings. The Hall–Kier alpha value is -1.40. The first kappa shape index (κ1) is 15.7. The second-order valence-corrected chi connectivity index (χ2v) is 5.91. The number of benzene rings is 1. The summed E-state index contributed by atoms with van der Waals surface area (Å²) < 4.78 is 0. The lowest BCUT2D eigenvalue weighted by atomic mass is 10.0. The van der Waals surface area contributed by atoms with Crippen LogP contribution in [0.25, 0.3) is 0 Å². The summed E-state index contributed by atoms with van der Waals surface area (Å²) in [4.78, 5) is 12.6. The molecule has 0 fully saturated rings. The molecule has 0 heterocycles. The number of carbonyl (C=O) groups is 1. The molecule has 102 valence electrons. The van der Waals surface area contributed by atoms with E-state index in [0.717, 1.165) is 17.7 Å². The van der Waals surface area contributed by atoms with Crippen LogP contribution in [0.1, 0.15) is 32.3 Å². The molecular formula is C16H21NOS. The predicted molar refractivity (Wildman–Crippen MR) is 82.3 cm³/mol. The zero-order chi connectivity index (χ0) is 14.1. The van der Waals surface area contributed by atoms with Crippen molar-refractivity contribution >= 4 is 17.0 Å². The largest absolute Gasteiger partial charge is 0.347 e. The normalized spacial score (nSPS) is 10.2. The van der Waals surface area contributed by atoms with Gasteiger partial charge in [0.2, 0.25) is 0 Å². The van der Waals surface area contributed by atoms with Crippen molar-refractivity contribution < 1.29 is 4.79 Å². The number of thioether (sulfide) groups is 1. The van der Waals surface area contributed by atoms with Crippen LogP contribution >= 0.6 is 11.8 Å². The van der Waals surface area contributed by atoms with E-state index in [0.29, 0.717) is 18.9 Å². The monoisotopic (exact) mass is 275 g/mol. The highest BCUT2D eigenvalue weighted by Crippen LogP contribution is 2.20. The number of unbranched alkanes of at least 4 members (excludes halogenated alkanes) is 1. The molecule has 0 saturated carbocycles. The summed E-state index contributed by atoms with van der Waals surface area (Å²) in [6.45, 7) is 5.04. The lowest BCUT2D eigenvalue weighted by Gasteiger charge is -2.06. The molecule has 0 unspecified atom stereocenters. The van der Waals surface area contributed by atoms with Gasteiger partial charge in [-0.1, -0.05) is 26.0 Å². The number of nitrogens with one attached hydrogen (secondary N) is 1. The van der Waals surface area contributed by atoms with Crippen molar-refractivity contribution in [1.82, 2.24) is 5.32 Å². The Labute approximate surface area is 120 Å². The van der Waals surface area contributed by atoms with E-state index < -0.39 is 0 Å². The van der Waals surface area contributed by atoms with Crippen LogP contribution in [0.2, 0.25) is 0 Å². The van der Waals surface area contributed by atoms with Gasteiger partial charge in [0.25, 0.3) is 5.24 Å². The highest BCUT2D eigenvalue weighted by Gasteiger charge is 2.04. The molecule has 3 heteroatoms. The van der Waals surface area contributed by atoms with E-state index in [-0.39, 0.29) is 5.24 Å². The van der Waals surface area contributed by atoms with Gasteiger partial charge in [-0.3, -0.25) is 4.79 Å². The van der Waals surface area contributed by atoms with Gasteiger partial charge in [-0.05, 0) is 48.2 Å². The maximum atomic E-state index is 11.6. The van der Waals surface area contributed by atoms with E-state index in [2.05, 4.69) is 37.2 Å². The minimum atomic E-state index is -0.0198. The molecule has 0 saturated heterocycles. The van der Waals surface area contributed by atoms with Crippen LogP contribution in [0.3, 0.4) is 0 Å². The van der Waals surface area contributed by atoms with Crippen LogP contribution in [-0.2, 0) is 6.42 Å². The number of terminal acetylenes is 1. The third kappa shape index (κ3) is 6.93. The zero-order valence-corrected chi connectivity index (χ0v) is 12.4. The van der Waals surface area contributed by atoms with Crippen LogP contribution in [0.5, 0.6) is 0 Å².